The molecule has 1 N–H and O–H groups in total. The van der Waals surface area contributed by atoms with Gasteiger partial charge in [0.1, 0.15) is 5.52 Å². The summed E-state index contributed by atoms with van der Waals surface area (Å²) in [6, 6.07) is 22.6. The zero-order valence-corrected chi connectivity index (χ0v) is 20.4. The molecule has 0 saturated carbocycles. The van der Waals surface area contributed by atoms with E-state index in [1.54, 1.807) is 22.4 Å². The van der Waals surface area contributed by atoms with Crippen LogP contribution in [0.4, 0.5) is 0 Å². The van der Waals surface area contributed by atoms with Gasteiger partial charge in [-0.2, -0.15) is 5.10 Å². The van der Waals surface area contributed by atoms with Gasteiger partial charge in [0, 0.05) is 23.6 Å². The number of para-hydroxylation sites is 1. The van der Waals surface area contributed by atoms with Gasteiger partial charge in [-0.25, -0.2) is 14.8 Å². The first kappa shape index (κ1) is 22.0. The Bertz CT molecular complexity index is 1770. The van der Waals surface area contributed by atoms with E-state index in [1.165, 1.54) is 5.56 Å². The highest BCUT2D eigenvalue weighted by molar-refractivity contribution is 5.93. The molecule has 0 aliphatic heterocycles. The molecule has 3 aromatic heterocycles. The number of imidazole rings is 1. The SMILES string of the molecule is CC(C)c1ccccc1-c1ncc2c(n1)n(Cc1ccc(-c3cccc4cn[nH]c34)cc1)c(=O)n2C. The number of hydrogen-bond acceptors (Lipinski definition) is 4. The van der Waals surface area contributed by atoms with Crippen LogP contribution in [0.25, 0.3) is 44.6 Å². The normalized spacial score (nSPS) is 11.7. The number of nitrogens with zero attached hydrogens (tertiary/aromatic N) is 5. The third kappa shape index (κ3) is 3.60. The van der Waals surface area contributed by atoms with Crippen molar-refractivity contribution in [2.75, 3.05) is 0 Å². The fourth-order valence-electron chi connectivity index (χ4n) is 4.83. The van der Waals surface area contributed by atoms with Crippen molar-refractivity contribution in [2.24, 2.45) is 7.05 Å². The number of aromatic amines is 1. The van der Waals surface area contributed by atoms with Crippen LogP contribution in [-0.4, -0.2) is 29.3 Å². The highest BCUT2D eigenvalue weighted by Gasteiger charge is 2.17. The standard InChI is InChI=1S/C29H26N6O/c1-18(2)22-8-4-5-9-24(22)27-30-16-25-28(32-27)35(29(36)34(25)3)17-19-11-13-20(14-12-19)23-10-6-7-21-15-31-33-26(21)23/h4-16,18H,17H2,1-3H3,(H,31,33). The topological polar surface area (TPSA) is 81.4 Å². The van der Waals surface area contributed by atoms with Crippen molar-refractivity contribution in [3.63, 3.8) is 0 Å². The summed E-state index contributed by atoms with van der Waals surface area (Å²) in [6.45, 7) is 4.74. The van der Waals surface area contributed by atoms with Gasteiger partial charge < -0.3 is 0 Å². The minimum absolute atomic E-state index is 0.111. The van der Waals surface area contributed by atoms with E-state index in [0.29, 0.717) is 29.5 Å². The van der Waals surface area contributed by atoms with Crippen LogP contribution in [-0.2, 0) is 13.6 Å². The maximum Gasteiger partial charge on any atom is 0.330 e. The van der Waals surface area contributed by atoms with Crippen molar-refractivity contribution >= 4 is 22.1 Å². The Kier molecular flexibility index (Phi) is 5.25. The van der Waals surface area contributed by atoms with Gasteiger partial charge in [-0.05, 0) is 22.6 Å². The molecule has 3 aromatic carbocycles. The minimum atomic E-state index is -0.111. The maximum atomic E-state index is 13.2. The van der Waals surface area contributed by atoms with Crippen LogP contribution >= 0.6 is 0 Å². The molecule has 6 aromatic rings. The van der Waals surface area contributed by atoms with Gasteiger partial charge in [0.2, 0.25) is 0 Å². The van der Waals surface area contributed by atoms with E-state index in [0.717, 1.165) is 33.2 Å². The van der Waals surface area contributed by atoms with Crippen molar-refractivity contribution in [1.82, 2.24) is 29.3 Å². The summed E-state index contributed by atoms with van der Waals surface area (Å²) < 4.78 is 3.34. The van der Waals surface area contributed by atoms with Crippen molar-refractivity contribution in [3.8, 4) is 22.5 Å². The number of benzene rings is 3. The van der Waals surface area contributed by atoms with E-state index in [-0.39, 0.29) is 5.69 Å². The monoisotopic (exact) mass is 474 g/mol. The Morgan fingerprint density at radius 1 is 0.917 bits per heavy atom. The molecule has 3 heterocycles. The molecule has 0 aliphatic rings. The largest absolute Gasteiger partial charge is 0.330 e. The van der Waals surface area contributed by atoms with Gasteiger partial charge in [-0.3, -0.25) is 14.2 Å². The Morgan fingerprint density at radius 3 is 2.50 bits per heavy atom. The number of fused-ring (bicyclic) bond motifs is 2. The lowest BCUT2D eigenvalue weighted by Crippen LogP contribution is -2.22. The predicted octanol–water partition coefficient (Wildman–Crippen LogP) is 5.51. The lowest BCUT2D eigenvalue weighted by Gasteiger charge is -2.11. The second kappa shape index (κ2) is 8.61. The third-order valence-electron chi connectivity index (χ3n) is 6.79. The first-order chi connectivity index (χ1) is 17.5. The fourth-order valence-corrected chi connectivity index (χ4v) is 4.83. The van der Waals surface area contributed by atoms with Crippen molar-refractivity contribution in [3.05, 3.63) is 101 Å². The van der Waals surface area contributed by atoms with E-state index in [4.69, 9.17) is 4.98 Å². The highest BCUT2D eigenvalue weighted by Crippen LogP contribution is 2.29. The molecule has 0 atom stereocenters. The Balaban J connectivity index is 1.39. The minimum Gasteiger partial charge on any atom is -0.292 e. The van der Waals surface area contributed by atoms with E-state index in [9.17, 15) is 4.79 Å². The number of aryl methyl sites for hydroxylation is 1. The molecule has 0 saturated heterocycles. The summed E-state index contributed by atoms with van der Waals surface area (Å²) in [7, 11) is 1.76. The molecule has 6 rings (SSSR count). The van der Waals surface area contributed by atoms with Crippen LogP contribution in [0.15, 0.2) is 83.9 Å². The molecule has 0 radical (unpaired) electrons. The highest BCUT2D eigenvalue weighted by atomic mass is 16.1. The zero-order chi connectivity index (χ0) is 24.8. The van der Waals surface area contributed by atoms with Gasteiger partial charge in [0.15, 0.2) is 11.5 Å². The van der Waals surface area contributed by atoms with Crippen molar-refractivity contribution in [2.45, 2.75) is 26.3 Å². The van der Waals surface area contributed by atoms with Crippen LogP contribution in [0.2, 0.25) is 0 Å². The molecule has 0 fully saturated rings. The van der Waals surface area contributed by atoms with Gasteiger partial charge in [-0.15, -0.1) is 0 Å². The molecule has 36 heavy (non-hydrogen) atoms. The average Bonchev–Trinajstić information content (AvgIpc) is 3.48. The van der Waals surface area contributed by atoms with Crippen LogP contribution in [0.3, 0.4) is 0 Å². The molecule has 178 valence electrons. The van der Waals surface area contributed by atoms with Gasteiger partial charge >= 0.3 is 5.69 Å². The summed E-state index contributed by atoms with van der Waals surface area (Å²) in [5, 5.41) is 8.33. The Labute approximate surface area is 208 Å². The lowest BCUT2D eigenvalue weighted by atomic mass is 9.97. The first-order valence-corrected chi connectivity index (χ1v) is 12.0. The molecular weight excluding hydrogens is 448 g/mol. The number of aromatic nitrogens is 6. The summed E-state index contributed by atoms with van der Waals surface area (Å²) in [4.78, 5) is 22.7. The van der Waals surface area contributed by atoms with Crippen molar-refractivity contribution < 1.29 is 0 Å². The maximum absolute atomic E-state index is 13.2. The van der Waals surface area contributed by atoms with E-state index in [2.05, 4.69) is 65.4 Å². The third-order valence-corrected chi connectivity index (χ3v) is 6.79. The summed E-state index contributed by atoms with van der Waals surface area (Å²) >= 11 is 0. The van der Waals surface area contributed by atoms with Crippen LogP contribution in [0.5, 0.6) is 0 Å². The van der Waals surface area contributed by atoms with Gasteiger partial charge in [-0.1, -0.05) is 80.6 Å². The molecule has 0 spiro atoms. The molecule has 0 bridgehead atoms. The second-order valence-corrected chi connectivity index (χ2v) is 9.41. The summed E-state index contributed by atoms with van der Waals surface area (Å²) in [5.74, 6) is 0.971. The quantitative estimate of drug-likeness (QED) is 0.357. The van der Waals surface area contributed by atoms with Crippen molar-refractivity contribution in [1.29, 1.82) is 0 Å². The van der Waals surface area contributed by atoms with Gasteiger partial charge in [0.05, 0.1) is 24.5 Å². The van der Waals surface area contributed by atoms with E-state index < -0.39 is 0 Å². The lowest BCUT2D eigenvalue weighted by molar-refractivity contribution is 0.731. The van der Waals surface area contributed by atoms with E-state index >= 15 is 0 Å². The number of nitrogens with one attached hydrogen (secondary N) is 1. The van der Waals surface area contributed by atoms with Crippen LogP contribution in [0.1, 0.15) is 30.9 Å². The van der Waals surface area contributed by atoms with Crippen LogP contribution in [0, 0.1) is 0 Å². The molecular formula is C29H26N6O. The molecule has 7 heteroatoms. The Morgan fingerprint density at radius 2 is 1.69 bits per heavy atom. The number of rotatable bonds is 5. The van der Waals surface area contributed by atoms with E-state index in [1.807, 2.05) is 36.5 Å². The predicted molar refractivity (Wildman–Crippen MR) is 143 cm³/mol. The first-order valence-electron chi connectivity index (χ1n) is 12.0. The smallest absolute Gasteiger partial charge is 0.292 e. The average molecular weight is 475 g/mol. The number of H-pyrrole nitrogens is 1. The number of hydrogen-bond donors (Lipinski definition) is 1. The molecule has 0 aliphatic carbocycles. The fraction of sp³-hybridized carbons (Fsp3) is 0.172. The second-order valence-electron chi connectivity index (χ2n) is 9.41. The van der Waals surface area contributed by atoms with Gasteiger partial charge in [0.25, 0.3) is 0 Å². The Hall–Kier alpha value is -4.52. The van der Waals surface area contributed by atoms with Crippen LogP contribution < -0.4 is 5.69 Å². The zero-order valence-electron chi connectivity index (χ0n) is 20.4. The molecule has 0 amide bonds. The molecule has 0 unspecified atom stereocenters. The summed E-state index contributed by atoms with van der Waals surface area (Å²) in [6.07, 6.45) is 3.58. The molecule has 7 nitrogen and oxygen atoms in total. The summed E-state index contributed by atoms with van der Waals surface area (Å²) in [5.41, 5.74) is 7.65.